The van der Waals surface area contributed by atoms with E-state index >= 15 is 0 Å². The summed E-state index contributed by atoms with van der Waals surface area (Å²) >= 11 is 0. The third kappa shape index (κ3) is 5.34. The molecule has 1 amide bonds. The standard InChI is InChI=1S/C32H41NO2/c1-2-3-4-5-6-7-8-9-14-24-21-25-19-20-26(22-24)33(25)32(34)35-23-31-29-17-12-10-15-27(29)28-16-11-13-18-30(28)31/h10-13,15-18,21,25-26,31H,2-9,14,19-20,22-23H2,1H3. The predicted molar refractivity (Wildman–Crippen MR) is 144 cm³/mol. The molecule has 2 aromatic carbocycles. The Kier molecular flexibility index (Phi) is 7.91. The van der Waals surface area contributed by atoms with Gasteiger partial charge in [-0.25, -0.2) is 4.79 Å². The fraction of sp³-hybridized carbons (Fsp3) is 0.531. The average molecular weight is 472 g/mol. The van der Waals surface area contributed by atoms with Gasteiger partial charge in [-0.15, -0.1) is 0 Å². The molecular weight excluding hydrogens is 430 g/mol. The number of amides is 1. The number of nitrogens with zero attached hydrogens (tertiary/aromatic N) is 1. The van der Waals surface area contributed by atoms with Crippen LogP contribution in [0.1, 0.15) is 101 Å². The molecule has 2 aliphatic heterocycles. The normalized spacial score (nSPS) is 20.5. The van der Waals surface area contributed by atoms with Crippen molar-refractivity contribution in [1.29, 1.82) is 0 Å². The summed E-state index contributed by atoms with van der Waals surface area (Å²) in [7, 11) is 0. The number of carbonyl (C=O) groups is 1. The Balaban J connectivity index is 1.12. The molecule has 3 aliphatic rings. The van der Waals surface area contributed by atoms with E-state index in [1.54, 1.807) is 5.57 Å². The zero-order valence-corrected chi connectivity index (χ0v) is 21.4. The van der Waals surface area contributed by atoms with Crippen LogP contribution in [-0.4, -0.2) is 29.7 Å². The number of benzene rings is 2. The summed E-state index contributed by atoms with van der Waals surface area (Å²) in [6.45, 7) is 2.69. The fourth-order valence-electron chi connectivity index (χ4n) is 6.54. The third-order valence-corrected chi connectivity index (χ3v) is 8.37. The first-order valence-corrected chi connectivity index (χ1v) is 14.1. The minimum atomic E-state index is -0.123. The highest BCUT2D eigenvalue weighted by atomic mass is 16.6. The summed E-state index contributed by atoms with van der Waals surface area (Å²) < 4.78 is 6.01. The zero-order valence-electron chi connectivity index (χ0n) is 21.4. The van der Waals surface area contributed by atoms with Gasteiger partial charge in [0.25, 0.3) is 0 Å². The molecule has 3 nitrogen and oxygen atoms in total. The van der Waals surface area contributed by atoms with Crippen molar-refractivity contribution in [2.75, 3.05) is 6.61 Å². The van der Waals surface area contributed by atoms with Crippen LogP contribution in [0.3, 0.4) is 0 Å². The first-order valence-electron chi connectivity index (χ1n) is 14.1. The van der Waals surface area contributed by atoms with Gasteiger partial charge in [0, 0.05) is 12.0 Å². The maximum Gasteiger partial charge on any atom is 0.410 e. The highest BCUT2D eigenvalue weighted by Crippen LogP contribution is 2.45. The summed E-state index contributed by atoms with van der Waals surface area (Å²) in [5, 5.41) is 0. The zero-order chi connectivity index (χ0) is 24.0. The van der Waals surface area contributed by atoms with Gasteiger partial charge < -0.3 is 4.74 Å². The molecule has 5 rings (SSSR count). The Morgan fingerprint density at radius 3 is 2.14 bits per heavy atom. The van der Waals surface area contributed by atoms with Crippen LogP contribution in [0, 0.1) is 0 Å². The van der Waals surface area contributed by atoms with Gasteiger partial charge in [0.15, 0.2) is 0 Å². The number of hydrogen-bond donors (Lipinski definition) is 0. The quantitative estimate of drug-likeness (QED) is 0.242. The molecule has 1 saturated heterocycles. The number of fused-ring (bicyclic) bond motifs is 5. The monoisotopic (exact) mass is 471 g/mol. The van der Waals surface area contributed by atoms with Crippen molar-refractivity contribution in [3.8, 4) is 11.1 Å². The molecule has 1 fully saturated rings. The molecule has 0 N–H and O–H groups in total. The summed E-state index contributed by atoms with van der Waals surface area (Å²) in [6.07, 6.45) is 17.6. The number of rotatable bonds is 11. The van der Waals surface area contributed by atoms with E-state index in [-0.39, 0.29) is 18.1 Å². The number of ether oxygens (including phenoxy) is 1. The first-order chi connectivity index (χ1) is 17.3. The topological polar surface area (TPSA) is 29.5 Å². The van der Waals surface area contributed by atoms with Crippen LogP contribution >= 0.6 is 0 Å². The number of unbranched alkanes of at least 4 members (excludes halogenated alkanes) is 7. The van der Waals surface area contributed by atoms with Gasteiger partial charge in [-0.1, -0.05) is 112 Å². The van der Waals surface area contributed by atoms with Crippen molar-refractivity contribution in [1.82, 2.24) is 4.90 Å². The fourth-order valence-corrected chi connectivity index (χ4v) is 6.54. The molecule has 1 aliphatic carbocycles. The van der Waals surface area contributed by atoms with E-state index in [9.17, 15) is 4.79 Å². The second kappa shape index (κ2) is 11.5. The van der Waals surface area contributed by atoms with Crippen LogP contribution in [0.4, 0.5) is 4.79 Å². The lowest BCUT2D eigenvalue weighted by atomic mass is 9.96. The molecule has 2 unspecified atom stereocenters. The maximum atomic E-state index is 13.2. The van der Waals surface area contributed by atoms with Gasteiger partial charge in [-0.05, 0) is 54.4 Å². The molecule has 0 spiro atoms. The van der Waals surface area contributed by atoms with Crippen LogP contribution in [0.15, 0.2) is 60.2 Å². The highest BCUT2D eigenvalue weighted by Gasteiger charge is 2.40. The van der Waals surface area contributed by atoms with Gasteiger partial charge in [-0.3, -0.25) is 4.90 Å². The van der Waals surface area contributed by atoms with Gasteiger partial charge in [-0.2, -0.15) is 0 Å². The van der Waals surface area contributed by atoms with Gasteiger partial charge in [0.2, 0.25) is 0 Å². The van der Waals surface area contributed by atoms with Crippen LogP contribution in [0.25, 0.3) is 11.1 Å². The van der Waals surface area contributed by atoms with Crippen molar-refractivity contribution in [2.45, 2.75) is 102 Å². The lowest BCUT2D eigenvalue weighted by Crippen LogP contribution is -2.43. The number of carbonyl (C=O) groups excluding carboxylic acids is 1. The van der Waals surface area contributed by atoms with E-state index in [0.717, 1.165) is 19.3 Å². The average Bonchev–Trinajstić information content (AvgIpc) is 3.35. The molecule has 3 heteroatoms. The van der Waals surface area contributed by atoms with Crippen molar-refractivity contribution in [3.05, 3.63) is 71.3 Å². The molecule has 0 saturated carbocycles. The second-order valence-corrected chi connectivity index (χ2v) is 10.8. The van der Waals surface area contributed by atoms with E-state index < -0.39 is 0 Å². The van der Waals surface area contributed by atoms with Gasteiger partial charge >= 0.3 is 6.09 Å². The Hall–Kier alpha value is -2.55. The predicted octanol–water partition coefficient (Wildman–Crippen LogP) is 8.63. The maximum absolute atomic E-state index is 13.2. The van der Waals surface area contributed by atoms with E-state index in [1.165, 1.54) is 80.0 Å². The molecular formula is C32H41NO2. The number of hydrogen-bond acceptors (Lipinski definition) is 2. The van der Waals surface area contributed by atoms with Crippen LogP contribution in [-0.2, 0) is 4.74 Å². The lowest BCUT2D eigenvalue weighted by molar-refractivity contribution is 0.0848. The minimum Gasteiger partial charge on any atom is -0.448 e. The summed E-state index contributed by atoms with van der Waals surface area (Å²) in [5.74, 6) is 0.127. The molecule has 186 valence electrons. The SMILES string of the molecule is CCCCCCCCCCC1=CC2CCC(C1)N2C(=O)OCC1c2ccccc2-c2ccccc21. The van der Waals surface area contributed by atoms with E-state index in [1.807, 2.05) is 4.90 Å². The molecule has 0 radical (unpaired) electrons. The van der Waals surface area contributed by atoms with Crippen molar-refractivity contribution < 1.29 is 9.53 Å². The Morgan fingerprint density at radius 1 is 0.857 bits per heavy atom. The summed E-state index contributed by atoms with van der Waals surface area (Å²) in [5.41, 5.74) is 6.67. The third-order valence-electron chi connectivity index (χ3n) is 8.37. The largest absolute Gasteiger partial charge is 0.448 e. The highest BCUT2D eigenvalue weighted by molar-refractivity contribution is 5.79. The molecule has 0 aromatic heterocycles. The van der Waals surface area contributed by atoms with E-state index in [2.05, 4.69) is 61.5 Å². The van der Waals surface area contributed by atoms with E-state index in [4.69, 9.17) is 4.74 Å². The summed E-state index contributed by atoms with van der Waals surface area (Å²) in [4.78, 5) is 15.3. The van der Waals surface area contributed by atoms with Crippen LogP contribution in [0.2, 0.25) is 0 Å². The smallest absolute Gasteiger partial charge is 0.410 e. The van der Waals surface area contributed by atoms with Crippen molar-refractivity contribution >= 4 is 6.09 Å². The van der Waals surface area contributed by atoms with Gasteiger partial charge in [0.1, 0.15) is 6.61 Å². The second-order valence-electron chi connectivity index (χ2n) is 10.8. The van der Waals surface area contributed by atoms with Crippen molar-refractivity contribution in [3.63, 3.8) is 0 Å². The minimum absolute atomic E-state index is 0.123. The molecule has 2 aromatic rings. The van der Waals surface area contributed by atoms with Gasteiger partial charge in [0.05, 0.1) is 6.04 Å². The Bertz CT molecular complexity index is 996. The Labute approximate surface area is 211 Å². The van der Waals surface area contributed by atoms with Crippen LogP contribution in [0.5, 0.6) is 0 Å². The van der Waals surface area contributed by atoms with E-state index in [0.29, 0.717) is 12.6 Å². The Morgan fingerprint density at radius 2 is 1.49 bits per heavy atom. The summed E-state index contributed by atoms with van der Waals surface area (Å²) in [6, 6.07) is 17.6. The van der Waals surface area contributed by atoms with Crippen molar-refractivity contribution in [2.24, 2.45) is 0 Å². The molecule has 35 heavy (non-hydrogen) atoms. The molecule has 2 atom stereocenters. The molecule has 2 bridgehead atoms. The lowest BCUT2D eigenvalue weighted by Gasteiger charge is -2.33. The first kappa shape index (κ1) is 24.2. The van der Waals surface area contributed by atoms with Crippen LogP contribution < -0.4 is 0 Å². The molecule has 2 heterocycles.